The number of aryl methyl sites for hydroxylation is 4. The van der Waals surface area contributed by atoms with Crippen molar-refractivity contribution >= 4 is 19.4 Å². The van der Waals surface area contributed by atoms with E-state index in [1.165, 1.54) is 5.56 Å². The Morgan fingerprint density at radius 3 is 2.19 bits per heavy atom. The Hall–Kier alpha value is -1.06. The molecule has 0 saturated heterocycles. The monoisotopic (exact) mass is 364 g/mol. The average Bonchev–Trinajstić information content (AvgIpc) is 2.48. The van der Waals surface area contributed by atoms with Crippen molar-refractivity contribution in [1.29, 1.82) is 0 Å². The van der Waals surface area contributed by atoms with Gasteiger partial charge in [0.2, 0.25) is 0 Å². The van der Waals surface area contributed by atoms with E-state index in [0.717, 1.165) is 46.3 Å². The minimum atomic E-state index is 0. The van der Waals surface area contributed by atoms with Crippen LogP contribution in [0.1, 0.15) is 54.3 Å². The molecule has 0 fully saturated rings. The van der Waals surface area contributed by atoms with Crippen LogP contribution in [0, 0.1) is 33.6 Å². The molecule has 26 heavy (non-hydrogen) atoms. The average molecular weight is 364 g/mol. The van der Waals surface area contributed by atoms with Crippen LogP contribution < -0.4 is 28.9 Å². The van der Waals surface area contributed by atoms with E-state index in [1.807, 2.05) is 32.0 Å². The summed E-state index contributed by atoms with van der Waals surface area (Å²) < 4.78 is 5.81. The molecule has 0 spiro atoms. The van der Waals surface area contributed by atoms with Gasteiger partial charge in [-0.3, -0.25) is 4.79 Å². The first-order valence-corrected chi connectivity index (χ1v) is 9.90. The number of hydrogen-bond acceptors (Lipinski definition) is 2. The van der Waals surface area contributed by atoms with Crippen molar-refractivity contribution in [3.05, 3.63) is 58.1 Å². The van der Waals surface area contributed by atoms with Gasteiger partial charge < -0.3 is 6.16 Å². The van der Waals surface area contributed by atoms with Gasteiger partial charge in [0.15, 0.2) is 5.52 Å². The second-order valence-electron chi connectivity index (χ2n) is 7.24. The van der Waals surface area contributed by atoms with E-state index in [-0.39, 0.29) is 34.4 Å². The van der Waals surface area contributed by atoms with Crippen LogP contribution >= 0.6 is 8.58 Å². The summed E-state index contributed by atoms with van der Waals surface area (Å²) in [6.07, 6.45) is 1.05. The minimum absolute atomic E-state index is 0. The molecule has 2 nitrogen and oxygen atoms in total. The Kier molecular flexibility index (Phi) is 9.12. The molecule has 2 aromatic carbocycles. The minimum Gasteiger partial charge on any atom is -1.00 e. The number of rotatable bonds is 7. The molecule has 136 valence electrons. The summed E-state index contributed by atoms with van der Waals surface area (Å²) in [7, 11) is 0.144. The number of ether oxygens (including phenoxy) is 1. The summed E-state index contributed by atoms with van der Waals surface area (Å²) in [6.45, 7) is 13.3. The van der Waals surface area contributed by atoms with Crippen molar-refractivity contribution in [1.82, 2.24) is 0 Å². The summed E-state index contributed by atoms with van der Waals surface area (Å²) >= 11 is 0. The molecule has 0 radical (unpaired) electrons. The zero-order valence-corrected chi connectivity index (χ0v) is 18.2. The van der Waals surface area contributed by atoms with E-state index < -0.39 is 0 Å². The van der Waals surface area contributed by atoms with Gasteiger partial charge in [-0.2, -0.15) is 0 Å². The first kappa shape index (κ1) is 23.0. The summed E-state index contributed by atoms with van der Waals surface area (Å²) in [4.78, 5) is 12.8. The van der Waals surface area contributed by atoms with E-state index >= 15 is 0 Å². The Balaban J connectivity index is 0.00000338. The van der Waals surface area contributed by atoms with Crippen LogP contribution in [0.3, 0.4) is 0 Å². The molecular formula is C22H30LiO2P. The Labute approximate surface area is 173 Å². The van der Waals surface area contributed by atoms with Gasteiger partial charge in [-0.25, -0.2) is 0 Å². The maximum Gasteiger partial charge on any atom is 1.00 e. The molecule has 1 unspecified atom stereocenters. The molecule has 0 N–H and O–H groups in total. The van der Waals surface area contributed by atoms with Gasteiger partial charge in [0.1, 0.15) is 5.75 Å². The van der Waals surface area contributed by atoms with Crippen molar-refractivity contribution < 1.29 is 29.8 Å². The molecular weight excluding hydrogens is 334 g/mol. The molecule has 0 aromatic heterocycles. The van der Waals surface area contributed by atoms with Gasteiger partial charge in [-0.1, -0.05) is 37.6 Å². The maximum absolute atomic E-state index is 12.8. The fraction of sp³-hybridized carbons (Fsp3) is 0.409. The molecule has 4 heteroatoms. The SMILES string of the molecule is Cc1cc(C)c(C(=O)Pc2ccc(OCCC(C)C)cc2C)c(C)c1.[H-].[Li+]. The fourth-order valence-electron chi connectivity index (χ4n) is 3.00. The van der Waals surface area contributed by atoms with Crippen LogP contribution in [0.15, 0.2) is 30.3 Å². The van der Waals surface area contributed by atoms with Gasteiger partial charge in [0.25, 0.3) is 0 Å². The van der Waals surface area contributed by atoms with E-state index in [4.69, 9.17) is 4.74 Å². The number of carbonyl (C=O) groups is 1. The molecule has 0 aliphatic rings. The van der Waals surface area contributed by atoms with E-state index in [2.05, 4.69) is 39.8 Å². The number of carbonyl (C=O) groups excluding carboxylic acids is 1. The molecule has 0 heterocycles. The van der Waals surface area contributed by atoms with Crippen LogP contribution in [0.2, 0.25) is 0 Å². The standard InChI is InChI=1S/C22H29O2P.Li.H/c1-14(2)9-10-24-19-7-8-20(16(4)13-19)25-22(23)21-17(5)11-15(3)12-18(21)6;;/h7-8,11-14,25H,9-10H2,1-6H3;;/q;+1;-1. The number of benzene rings is 2. The summed E-state index contributed by atoms with van der Waals surface area (Å²) in [5.74, 6) is 1.53. The summed E-state index contributed by atoms with van der Waals surface area (Å²) in [5, 5.41) is 1.10. The van der Waals surface area contributed by atoms with Crippen molar-refractivity contribution in [2.75, 3.05) is 6.61 Å². The smallest absolute Gasteiger partial charge is 1.00 e. The van der Waals surface area contributed by atoms with Crippen molar-refractivity contribution in [3.8, 4) is 5.75 Å². The molecule has 0 bridgehead atoms. The Bertz CT molecular complexity index is 752. The van der Waals surface area contributed by atoms with Gasteiger partial charge in [-0.15, -0.1) is 0 Å². The van der Waals surface area contributed by atoms with Crippen molar-refractivity contribution in [3.63, 3.8) is 0 Å². The molecule has 0 saturated carbocycles. The maximum atomic E-state index is 12.8. The second kappa shape index (κ2) is 10.3. The first-order valence-electron chi connectivity index (χ1n) is 8.90. The third-order valence-electron chi connectivity index (χ3n) is 4.31. The van der Waals surface area contributed by atoms with Crippen LogP contribution in [0.4, 0.5) is 0 Å². The molecule has 2 rings (SSSR count). The van der Waals surface area contributed by atoms with Crippen molar-refractivity contribution in [2.24, 2.45) is 5.92 Å². The van der Waals surface area contributed by atoms with Crippen molar-refractivity contribution in [2.45, 2.75) is 48.0 Å². The first-order chi connectivity index (χ1) is 11.8. The largest absolute Gasteiger partial charge is 1.00 e. The topological polar surface area (TPSA) is 26.3 Å². The Morgan fingerprint density at radius 2 is 1.65 bits per heavy atom. The van der Waals surface area contributed by atoms with Gasteiger partial charge in [-0.05, 0) is 82.7 Å². The quantitative estimate of drug-likeness (QED) is 0.558. The molecule has 1 atom stereocenters. The van der Waals surface area contributed by atoms with Crippen LogP contribution in [-0.4, -0.2) is 12.1 Å². The second-order valence-corrected chi connectivity index (χ2v) is 8.48. The molecule has 0 amide bonds. The van der Waals surface area contributed by atoms with Gasteiger partial charge in [0.05, 0.1) is 6.61 Å². The van der Waals surface area contributed by atoms with Gasteiger partial charge >= 0.3 is 18.9 Å². The fourth-order valence-corrected chi connectivity index (χ4v) is 4.20. The van der Waals surface area contributed by atoms with E-state index in [9.17, 15) is 4.79 Å². The number of hydrogen-bond donors (Lipinski definition) is 0. The third-order valence-corrected chi connectivity index (χ3v) is 5.62. The molecule has 0 aliphatic carbocycles. The summed E-state index contributed by atoms with van der Waals surface area (Å²) in [6, 6.07) is 10.2. The summed E-state index contributed by atoms with van der Waals surface area (Å²) in [5.41, 5.74) is 5.56. The normalized spacial score (nSPS) is 11.0. The molecule has 2 aromatic rings. The van der Waals surface area contributed by atoms with Crippen LogP contribution in [0.5, 0.6) is 5.75 Å². The van der Waals surface area contributed by atoms with E-state index in [0.29, 0.717) is 5.92 Å². The molecule has 0 aliphatic heterocycles. The van der Waals surface area contributed by atoms with Gasteiger partial charge in [0, 0.05) is 5.56 Å². The predicted octanol–water partition coefficient (Wildman–Crippen LogP) is 2.61. The predicted molar refractivity (Wildman–Crippen MR) is 110 cm³/mol. The Morgan fingerprint density at radius 1 is 1.04 bits per heavy atom. The van der Waals surface area contributed by atoms with Crippen LogP contribution in [0.25, 0.3) is 0 Å². The zero-order valence-electron chi connectivity index (χ0n) is 18.2. The zero-order chi connectivity index (χ0) is 18.6. The van der Waals surface area contributed by atoms with Crippen LogP contribution in [-0.2, 0) is 0 Å². The third kappa shape index (κ3) is 6.28. The van der Waals surface area contributed by atoms with E-state index in [1.54, 1.807) is 0 Å².